The van der Waals surface area contributed by atoms with E-state index in [1.165, 1.54) is 0 Å². The molecule has 2 aromatic carbocycles. The van der Waals surface area contributed by atoms with E-state index in [9.17, 15) is 14.7 Å². The number of piperazine rings is 2. The predicted octanol–water partition coefficient (Wildman–Crippen LogP) is 11.8. The summed E-state index contributed by atoms with van der Waals surface area (Å²) in [7, 11) is 1.85. The minimum absolute atomic E-state index is 0.0772. The molecule has 13 nitrogen and oxygen atoms in total. The summed E-state index contributed by atoms with van der Waals surface area (Å²) in [6.45, 7) is 17.9. The van der Waals surface area contributed by atoms with Crippen molar-refractivity contribution in [3.63, 3.8) is 0 Å². The van der Waals surface area contributed by atoms with Crippen LogP contribution in [0, 0.1) is 0 Å². The highest BCUT2D eigenvalue weighted by Crippen LogP contribution is 2.47. The van der Waals surface area contributed by atoms with Crippen LogP contribution in [0.15, 0.2) is 73.4 Å². The van der Waals surface area contributed by atoms with E-state index in [1.807, 2.05) is 103 Å². The number of carbonyl (C=O) groups excluding carboxylic acids is 2. The molecular formula is C52H57BrCl4N8O5. The van der Waals surface area contributed by atoms with Gasteiger partial charge in [0.25, 0.3) is 0 Å². The molecule has 18 heteroatoms. The van der Waals surface area contributed by atoms with Crippen molar-refractivity contribution < 1.29 is 24.2 Å². The van der Waals surface area contributed by atoms with Crippen molar-refractivity contribution in [3.8, 4) is 0 Å². The molecule has 4 aliphatic rings. The Balaban J connectivity index is 0.000000193. The van der Waals surface area contributed by atoms with Crippen LogP contribution in [0.3, 0.4) is 0 Å². The molecule has 2 amide bonds. The Morgan fingerprint density at radius 3 is 1.51 bits per heavy atom. The van der Waals surface area contributed by atoms with Gasteiger partial charge in [-0.3, -0.25) is 19.8 Å². The third-order valence-electron chi connectivity index (χ3n) is 12.6. The molecule has 5 heterocycles. The molecule has 1 unspecified atom stereocenters. The molecule has 0 radical (unpaired) electrons. The standard InChI is InChI=1S/C29H33Cl2N5O3.C23H24BrCl2N3O2/c1-28(2,3)39-27(37)36-10-8-35(9-11-36)26-21-7-6-19(30)14-22(21)23(13-18-12-20(31)15-33-25(18)26)29(4,38)24-16-32-17-34(24)5;1-23(2,3)31-22(30)29-8-6-28(7-9-29)21-17-5-4-15(25)12-18(17)19(24)11-14-10-16(26)13-27-20(14)21/h6-7,12-17,26,38H,8-11H2,1-5H3;4-5,10-13,21H,6-9H2,1-3H3/t26-,29?;21-/m11/s1. The topological polar surface area (TPSA) is 129 Å². The highest BCUT2D eigenvalue weighted by atomic mass is 79.9. The van der Waals surface area contributed by atoms with Gasteiger partial charge in [0.05, 0.1) is 51.7 Å². The lowest BCUT2D eigenvalue weighted by atomic mass is 9.84. The number of aromatic nitrogens is 4. The van der Waals surface area contributed by atoms with Crippen LogP contribution in [-0.4, -0.2) is 120 Å². The van der Waals surface area contributed by atoms with Gasteiger partial charge in [-0.15, -0.1) is 0 Å². The van der Waals surface area contributed by atoms with Gasteiger partial charge < -0.3 is 28.9 Å². The number of benzene rings is 2. The summed E-state index contributed by atoms with van der Waals surface area (Å²) < 4.78 is 13.9. The first-order valence-electron chi connectivity index (χ1n) is 23.1. The maximum absolute atomic E-state index is 12.7. The molecule has 2 fully saturated rings. The molecule has 2 saturated heterocycles. The summed E-state index contributed by atoms with van der Waals surface area (Å²) in [4.78, 5) is 47.1. The van der Waals surface area contributed by atoms with Crippen LogP contribution in [0.4, 0.5) is 9.59 Å². The van der Waals surface area contributed by atoms with E-state index in [0.717, 1.165) is 49.3 Å². The van der Waals surface area contributed by atoms with Gasteiger partial charge >= 0.3 is 12.2 Å². The van der Waals surface area contributed by atoms with Gasteiger partial charge in [0.2, 0.25) is 0 Å². The van der Waals surface area contributed by atoms with Gasteiger partial charge in [0.15, 0.2) is 0 Å². The highest BCUT2D eigenvalue weighted by Gasteiger charge is 2.40. The third kappa shape index (κ3) is 11.4. The van der Waals surface area contributed by atoms with Gasteiger partial charge in [-0.05, 0) is 130 Å². The second-order valence-corrected chi connectivity index (χ2v) is 22.6. The number of hydrogen-bond donors (Lipinski definition) is 1. The lowest BCUT2D eigenvalue weighted by molar-refractivity contribution is 0.0109. The molecule has 0 saturated carbocycles. The number of pyridine rings is 2. The smallest absolute Gasteiger partial charge is 0.410 e. The zero-order valence-electron chi connectivity index (χ0n) is 40.4. The molecule has 70 heavy (non-hydrogen) atoms. The third-order valence-corrected chi connectivity index (χ3v) is 14.1. The number of imidazole rings is 1. The van der Waals surface area contributed by atoms with Crippen molar-refractivity contribution in [2.24, 2.45) is 7.05 Å². The number of amides is 2. The van der Waals surface area contributed by atoms with Crippen LogP contribution in [-0.2, 0) is 22.1 Å². The molecule has 370 valence electrons. The molecule has 1 N–H and O–H groups in total. The van der Waals surface area contributed by atoms with Crippen molar-refractivity contribution in [1.29, 1.82) is 0 Å². The summed E-state index contributed by atoms with van der Waals surface area (Å²) in [5.41, 5.74) is 6.33. The van der Waals surface area contributed by atoms with E-state index >= 15 is 0 Å². The van der Waals surface area contributed by atoms with Crippen molar-refractivity contribution >= 4 is 96.7 Å². The summed E-state index contributed by atoms with van der Waals surface area (Å²) in [5, 5.41) is 14.4. The Labute approximate surface area is 438 Å². The minimum Gasteiger partial charge on any atom is -0.444 e. The normalized spacial score (nSPS) is 19.3. The molecule has 5 aromatic rings. The number of carbonyl (C=O) groups is 2. The fourth-order valence-corrected chi connectivity index (χ4v) is 10.7. The summed E-state index contributed by atoms with van der Waals surface area (Å²) in [6, 6.07) is 15.2. The van der Waals surface area contributed by atoms with E-state index in [4.69, 9.17) is 65.8 Å². The Morgan fingerprint density at radius 2 is 1.07 bits per heavy atom. The van der Waals surface area contributed by atoms with Gasteiger partial charge in [-0.1, -0.05) is 74.5 Å². The number of fused-ring (bicyclic) bond motifs is 4. The number of halogens is 5. The van der Waals surface area contributed by atoms with E-state index < -0.39 is 16.8 Å². The zero-order chi connectivity index (χ0) is 50.4. The number of hydrogen-bond acceptors (Lipinski definition) is 10. The molecule has 0 spiro atoms. The van der Waals surface area contributed by atoms with Gasteiger partial charge in [-0.2, -0.15) is 0 Å². The maximum atomic E-state index is 12.7. The predicted molar refractivity (Wildman–Crippen MR) is 281 cm³/mol. The van der Waals surface area contributed by atoms with Crippen molar-refractivity contribution in [1.82, 2.24) is 39.1 Å². The largest absolute Gasteiger partial charge is 0.444 e. The Bertz CT molecular complexity index is 2860. The molecule has 2 aliphatic carbocycles. The second-order valence-electron chi connectivity index (χ2n) is 20.0. The van der Waals surface area contributed by atoms with Crippen molar-refractivity contribution in [2.45, 2.75) is 77.4 Å². The summed E-state index contributed by atoms with van der Waals surface area (Å²) >= 11 is 29.3. The fourth-order valence-electron chi connectivity index (χ4n) is 9.42. The van der Waals surface area contributed by atoms with E-state index in [-0.39, 0.29) is 24.3 Å². The quantitative estimate of drug-likeness (QED) is 0.186. The number of nitrogens with zero attached hydrogens (tertiary/aromatic N) is 8. The Hall–Kier alpha value is -4.51. The first-order chi connectivity index (χ1) is 33.0. The summed E-state index contributed by atoms with van der Waals surface area (Å²) in [6.07, 6.45) is 10.1. The first kappa shape index (κ1) is 51.8. The average Bonchev–Trinajstić information content (AvgIpc) is 3.63. The van der Waals surface area contributed by atoms with E-state index in [0.29, 0.717) is 83.7 Å². The number of rotatable bonds is 4. The molecule has 3 aromatic heterocycles. The van der Waals surface area contributed by atoms with E-state index in [2.05, 4.69) is 36.8 Å². The molecule has 3 atom stereocenters. The zero-order valence-corrected chi connectivity index (χ0v) is 45.1. The van der Waals surface area contributed by atoms with Crippen LogP contribution in [0.2, 0.25) is 20.1 Å². The maximum Gasteiger partial charge on any atom is 0.410 e. The number of ether oxygens (including phenoxy) is 2. The van der Waals surface area contributed by atoms with Gasteiger partial charge in [0, 0.05) is 91.9 Å². The van der Waals surface area contributed by atoms with Crippen LogP contribution in [0.5, 0.6) is 0 Å². The minimum atomic E-state index is -1.39. The van der Waals surface area contributed by atoms with Crippen molar-refractivity contribution in [2.75, 3.05) is 52.4 Å². The van der Waals surface area contributed by atoms with Gasteiger partial charge in [0.1, 0.15) is 16.8 Å². The average molecular weight is 1100 g/mol. The SMILES string of the molecule is CC(C)(C)OC(=O)N1CCN([C@@H]2c3ccc(Cl)cc3C(Br)=Cc3cc(Cl)cnc32)CC1.Cn1cncc1C(C)(O)C1=Cc2cc(Cl)cnc2[C@H](N2CCN(C(=O)OC(C)(C)C)CC2)c2ccc(Cl)cc21. The Morgan fingerprint density at radius 1 is 0.629 bits per heavy atom. The molecule has 0 bridgehead atoms. The fraction of sp³-hybridized carbons (Fsp3) is 0.404. The van der Waals surface area contributed by atoms with Crippen LogP contribution in [0.25, 0.3) is 22.2 Å². The van der Waals surface area contributed by atoms with Crippen molar-refractivity contribution in [3.05, 3.63) is 144 Å². The van der Waals surface area contributed by atoms with E-state index in [1.54, 1.807) is 46.2 Å². The first-order valence-corrected chi connectivity index (χ1v) is 25.4. The van der Waals surface area contributed by atoms with Crippen LogP contribution < -0.4 is 0 Å². The van der Waals surface area contributed by atoms with Crippen LogP contribution in [0.1, 0.15) is 111 Å². The number of aryl methyl sites for hydroxylation is 1. The molecular weight excluding hydrogens is 1040 g/mol. The number of aliphatic hydroxyl groups is 1. The monoisotopic (exact) mass is 1090 g/mol. The van der Waals surface area contributed by atoms with Crippen LogP contribution >= 0.6 is 62.3 Å². The lowest BCUT2D eigenvalue weighted by Crippen LogP contribution is -2.51. The highest BCUT2D eigenvalue weighted by molar-refractivity contribution is 9.15. The second kappa shape index (κ2) is 20.5. The Kier molecular flexibility index (Phi) is 15.2. The molecule has 2 aliphatic heterocycles. The van der Waals surface area contributed by atoms with Gasteiger partial charge in [-0.25, -0.2) is 14.6 Å². The summed E-state index contributed by atoms with van der Waals surface area (Å²) in [5.74, 6) is 0. The lowest BCUT2D eigenvalue weighted by Gasteiger charge is -2.40. The molecule has 9 rings (SSSR count).